The first-order chi connectivity index (χ1) is 8.56. The summed E-state index contributed by atoms with van der Waals surface area (Å²) in [4.78, 5) is 4.10. The minimum absolute atomic E-state index is 0.161. The maximum absolute atomic E-state index is 6.15. The third kappa shape index (κ3) is 3.45. The summed E-state index contributed by atoms with van der Waals surface area (Å²) < 4.78 is 0.910. The lowest BCUT2D eigenvalue weighted by Gasteiger charge is -2.13. The first-order valence-electron chi connectivity index (χ1n) is 5.36. The third-order valence-electron chi connectivity index (χ3n) is 2.60. The lowest BCUT2D eigenvalue weighted by molar-refractivity contribution is 0.717. The van der Waals surface area contributed by atoms with E-state index in [0.29, 0.717) is 16.5 Å². The molecule has 18 heavy (non-hydrogen) atoms. The van der Waals surface area contributed by atoms with Crippen molar-refractivity contribution >= 4 is 39.1 Å². The second-order valence-corrected chi connectivity index (χ2v) is 5.74. The topological polar surface area (TPSA) is 38.9 Å². The number of pyridine rings is 1. The summed E-state index contributed by atoms with van der Waals surface area (Å²) in [6.07, 6.45) is 4.11. The lowest BCUT2D eigenvalue weighted by atomic mass is 10.0. The van der Waals surface area contributed by atoms with Gasteiger partial charge in [0.15, 0.2) is 0 Å². The van der Waals surface area contributed by atoms with Crippen LogP contribution < -0.4 is 5.73 Å². The minimum Gasteiger partial charge on any atom is -0.324 e. The molecule has 1 aromatic heterocycles. The van der Waals surface area contributed by atoms with Crippen LogP contribution in [0.1, 0.15) is 17.2 Å². The van der Waals surface area contributed by atoms with Crippen LogP contribution in [0.15, 0.2) is 41.1 Å². The van der Waals surface area contributed by atoms with E-state index < -0.39 is 0 Å². The highest BCUT2D eigenvalue weighted by molar-refractivity contribution is 9.10. The molecule has 0 aliphatic heterocycles. The second-order valence-electron chi connectivity index (χ2n) is 3.98. The van der Waals surface area contributed by atoms with E-state index in [2.05, 4.69) is 20.9 Å². The Balaban J connectivity index is 2.21. The SMILES string of the molecule is NC(Cc1cc(Cl)ccc1Cl)c1cncc(Br)c1. The van der Waals surface area contributed by atoms with Gasteiger partial charge < -0.3 is 5.73 Å². The summed E-state index contributed by atoms with van der Waals surface area (Å²) in [7, 11) is 0. The van der Waals surface area contributed by atoms with Crippen molar-refractivity contribution in [2.45, 2.75) is 12.5 Å². The van der Waals surface area contributed by atoms with E-state index in [1.54, 1.807) is 24.5 Å². The molecule has 2 nitrogen and oxygen atoms in total. The second kappa shape index (κ2) is 6.02. The number of nitrogens with two attached hydrogens (primary N) is 1. The highest BCUT2D eigenvalue weighted by Crippen LogP contribution is 2.25. The summed E-state index contributed by atoms with van der Waals surface area (Å²) in [5, 5.41) is 1.34. The van der Waals surface area contributed by atoms with Gasteiger partial charge in [0.2, 0.25) is 0 Å². The van der Waals surface area contributed by atoms with Crippen molar-refractivity contribution in [1.82, 2.24) is 4.98 Å². The number of hydrogen-bond donors (Lipinski definition) is 1. The first-order valence-corrected chi connectivity index (χ1v) is 6.91. The molecule has 0 amide bonds. The van der Waals surface area contributed by atoms with E-state index in [4.69, 9.17) is 28.9 Å². The molecule has 0 spiro atoms. The van der Waals surface area contributed by atoms with Crippen LogP contribution in [0.2, 0.25) is 10.0 Å². The Bertz CT molecular complexity index is 560. The van der Waals surface area contributed by atoms with Gasteiger partial charge in [-0.05, 0) is 57.7 Å². The molecular formula is C13H11BrCl2N2. The number of nitrogens with zero attached hydrogens (tertiary/aromatic N) is 1. The maximum atomic E-state index is 6.15. The molecule has 5 heteroatoms. The Kier molecular flexibility index (Phi) is 4.62. The number of benzene rings is 1. The number of rotatable bonds is 3. The molecule has 1 aromatic carbocycles. The summed E-state index contributed by atoms with van der Waals surface area (Å²) in [5.74, 6) is 0. The molecule has 0 fully saturated rings. The van der Waals surface area contributed by atoms with Crippen LogP contribution >= 0.6 is 39.1 Å². The Morgan fingerprint density at radius 1 is 1.22 bits per heavy atom. The zero-order valence-electron chi connectivity index (χ0n) is 9.41. The van der Waals surface area contributed by atoms with Crippen LogP contribution in [0.25, 0.3) is 0 Å². The molecule has 0 radical (unpaired) electrons. The molecule has 1 heterocycles. The molecule has 0 saturated heterocycles. The van der Waals surface area contributed by atoms with Crippen molar-refractivity contribution in [3.05, 3.63) is 62.3 Å². The molecule has 0 aliphatic rings. The summed E-state index contributed by atoms with van der Waals surface area (Å²) >= 11 is 15.4. The monoisotopic (exact) mass is 344 g/mol. The van der Waals surface area contributed by atoms with Crippen LogP contribution in [-0.2, 0) is 6.42 Å². The Morgan fingerprint density at radius 2 is 2.00 bits per heavy atom. The van der Waals surface area contributed by atoms with Gasteiger partial charge in [0.25, 0.3) is 0 Å². The van der Waals surface area contributed by atoms with Crippen molar-refractivity contribution in [3.63, 3.8) is 0 Å². The van der Waals surface area contributed by atoms with Gasteiger partial charge in [-0.2, -0.15) is 0 Å². The fourth-order valence-corrected chi connectivity index (χ4v) is 2.46. The molecular weight excluding hydrogens is 335 g/mol. The van der Waals surface area contributed by atoms with Crippen LogP contribution in [0.5, 0.6) is 0 Å². The summed E-state index contributed by atoms with van der Waals surface area (Å²) in [5.41, 5.74) is 8.05. The van der Waals surface area contributed by atoms with Crippen LogP contribution in [0, 0.1) is 0 Å². The average Bonchev–Trinajstić information content (AvgIpc) is 2.34. The van der Waals surface area contributed by atoms with Crippen molar-refractivity contribution in [1.29, 1.82) is 0 Å². The smallest absolute Gasteiger partial charge is 0.0439 e. The number of halogens is 3. The van der Waals surface area contributed by atoms with Crippen molar-refractivity contribution < 1.29 is 0 Å². The number of aromatic nitrogens is 1. The Hall–Kier alpha value is -0.610. The standard InChI is InChI=1S/C13H11BrCl2N2/c14-10-3-9(6-18-7-10)13(17)5-8-4-11(15)1-2-12(8)16/h1-4,6-7,13H,5,17H2. The Morgan fingerprint density at radius 3 is 2.72 bits per heavy atom. The van der Waals surface area contributed by atoms with Crippen LogP contribution in [0.3, 0.4) is 0 Å². The van der Waals surface area contributed by atoms with Gasteiger partial charge >= 0.3 is 0 Å². The molecule has 0 saturated carbocycles. The summed E-state index contributed by atoms with van der Waals surface area (Å²) in [6, 6.07) is 7.18. The number of hydrogen-bond acceptors (Lipinski definition) is 2. The predicted molar refractivity (Wildman–Crippen MR) is 79.0 cm³/mol. The van der Waals surface area contributed by atoms with Crippen molar-refractivity contribution in [2.75, 3.05) is 0 Å². The van der Waals surface area contributed by atoms with Gasteiger partial charge in [-0.15, -0.1) is 0 Å². The maximum Gasteiger partial charge on any atom is 0.0439 e. The largest absolute Gasteiger partial charge is 0.324 e. The van der Waals surface area contributed by atoms with Crippen molar-refractivity contribution in [2.24, 2.45) is 5.73 Å². The summed E-state index contributed by atoms with van der Waals surface area (Å²) in [6.45, 7) is 0. The van der Waals surface area contributed by atoms with Gasteiger partial charge in [0, 0.05) is 33.0 Å². The van der Waals surface area contributed by atoms with E-state index in [0.717, 1.165) is 15.6 Å². The molecule has 0 aliphatic carbocycles. The quantitative estimate of drug-likeness (QED) is 0.895. The molecule has 2 aromatic rings. The molecule has 2 rings (SSSR count). The van der Waals surface area contributed by atoms with Gasteiger partial charge in [0.05, 0.1) is 0 Å². The fraction of sp³-hybridized carbons (Fsp3) is 0.154. The normalized spacial score (nSPS) is 12.4. The van der Waals surface area contributed by atoms with E-state index in [1.165, 1.54) is 0 Å². The highest BCUT2D eigenvalue weighted by atomic mass is 79.9. The van der Waals surface area contributed by atoms with Gasteiger partial charge in [-0.1, -0.05) is 23.2 Å². The zero-order chi connectivity index (χ0) is 13.1. The van der Waals surface area contributed by atoms with Crippen molar-refractivity contribution in [3.8, 4) is 0 Å². The van der Waals surface area contributed by atoms with E-state index in [-0.39, 0.29) is 6.04 Å². The average molecular weight is 346 g/mol. The predicted octanol–water partition coefficient (Wildman–Crippen LogP) is 4.39. The molecule has 1 unspecified atom stereocenters. The van der Waals surface area contributed by atoms with Gasteiger partial charge in [-0.3, -0.25) is 4.98 Å². The fourth-order valence-electron chi connectivity index (χ4n) is 1.69. The Labute approximate surface area is 124 Å². The first kappa shape index (κ1) is 13.8. The highest BCUT2D eigenvalue weighted by Gasteiger charge is 2.11. The van der Waals surface area contributed by atoms with E-state index in [1.807, 2.05) is 12.1 Å². The third-order valence-corrected chi connectivity index (χ3v) is 3.64. The molecule has 94 valence electrons. The molecule has 1 atom stereocenters. The van der Waals surface area contributed by atoms with Gasteiger partial charge in [0.1, 0.15) is 0 Å². The minimum atomic E-state index is -0.161. The molecule has 0 bridgehead atoms. The van der Waals surface area contributed by atoms with Gasteiger partial charge in [-0.25, -0.2) is 0 Å². The van der Waals surface area contributed by atoms with E-state index >= 15 is 0 Å². The molecule has 2 N–H and O–H groups in total. The zero-order valence-corrected chi connectivity index (χ0v) is 12.5. The van der Waals surface area contributed by atoms with E-state index in [9.17, 15) is 0 Å². The van der Waals surface area contributed by atoms with Crippen LogP contribution in [-0.4, -0.2) is 4.98 Å². The lowest BCUT2D eigenvalue weighted by Crippen LogP contribution is -2.13. The van der Waals surface area contributed by atoms with Crippen LogP contribution in [0.4, 0.5) is 0 Å².